The molecule has 2 rings (SSSR count). The van der Waals surface area contributed by atoms with Crippen LogP contribution in [0.25, 0.3) is 0 Å². The lowest BCUT2D eigenvalue weighted by Crippen LogP contribution is -2.43. The van der Waals surface area contributed by atoms with Gasteiger partial charge in [0.2, 0.25) is 5.95 Å². The quantitative estimate of drug-likeness (QED) is 0.834. The molecule has 4 nitrogen and oxygen atoms in total. The summed E-state index contributed by atoms with van der Waals surface area (Å²) in [5.41, 5.74) is 5.86. The van der Waals surface area contributed by atoms with E-state index in [4.69, 9.17) is 5.73 Å². The first-order chi connectivity index (χ1) is 7.24. The van der Waals surface area contributed by atoms with Crippen molar-refractivity contribution in [2.45, 2.75) is 31.2 Å². The van der Waals surface area contributed by atoms with E-state index < -0.39 is 0 Å². The molecule has 1 aliphatic carbocycles. The van der Waals surface area contributed by atoms with Gasteiger partial charge in [0.1, 0.15) is 0 Å². The number of hydrogen-bond donors (Lipinski definition) is 2. The van der Waals surface area contributed by atoms with E-state index in [9.17, 15) is 0 Å². The largest absolute Gasteiger partial charge is 0.348 e. The zero-order chi connectivity index (χ0) is 10.7. The number of aromatic nitrogens is 2. The van der Waals surface area contributed by atoms with Crippen LogP contribution >= 0.6 is 22.6 Å². The summed E-state index contributed by atoms with van der Waals surface area (Å²) in [6, 6.07) is 0. The summed E-state index contributed by atoms with van der Waals surface area (Å²) in [5.74, 6) is 0.697. The van der Waals surface area contributed by atoms with Crippen LogP contribution in [-0.4, -0.2) is 22.1 Å². The molecule has 3 N–H and O–H groups in total. The van der Waals surface area contributed by atoms with Crippen LogP contribution < -0.4 is 11.1 Å². The van der Waals surface area contributed by atoms with E-state index in [0.29, 0.717) is 12.5 Å². The van der Waals surface area contributed by atoms with Crippen molar-refractivity contribution in [1.29, 1.82) is 0 Å². The maximum atomic E-state index is 5.83. The molecule has 0 saturated heterocycles. The maximum absolute atomic E-state index is 5.83. The van der Waals surface area contributed by atoms with Gasteiger partial charge in [0.25, 0.3) is 0 Å². The number of halogens is 1. The zero-order valence-corrected chi connectivity index (χ0v) is 10.7. The van der Waals surface area contributed by atoms with Crippen LogP contribution in [0.5, 0.6) is 0 Å². The third-order valence-corrected chi connectivity index (χ3v) is 3.51. The topological polar surface area (TPSA) is 63.8 Å². The summed E-state index contributed by atoms with van der Waals surface area (Å²) in [4.78, 5) is 8.50. The van der Waals surface area contributed by atoms with Crippen molar-refractivity contribution in [3.05, 3.63) is 16.0 Å². The summed E-state index contributed by atoms with van der Waals surface area (Å²) in [6.07, 6.45) is 8.37. The molecule has 1 heterocycles. The second-order valence-corrected chi connectivity index (χ2v) is 5.29. The normalized spacial score (nSPS) is 19.1. The molecule has 5 heteroatoms. The first-order valence-electron chi connectivity index (χ1n) is 5.20. The molecule has 15 heavy (non-hydrogen) atoms. The number of rotatable bonds is 3. The van der Waals surface area contributed by atoms with Crippen molar-refractivity contribution in [2.75, 3.05) is 11.9 Å². The van der Waals surface area contributed by atoms with E-state index in [0.717, 1.165) is 16.4 Å². The van der Waals surface area contributed by atoms with Crippen molar-refractivity contribution < 1.29 is 0 Å². The van der Waals surface area contributed by atoms with Gasteiger partial charge in [-0.25, -0.2) is 9.97 Å². The minimum atomic E-state index is 0.0345. The van der Waals surface area contributed by atoms with Crippen molar-refractivity contribution in [1.82, 2.24) is 9.97 Å². The molecule has 1 aliphatic rings. The van der Waals surface area contributed by atoms with E-state index >= 15 is 0 Å². The highest BCUT2D eigenvalue weighted by Crippen LogP contribution is 2.31. The second kappa shape index (κ2) is 4.61. The lowest BCUT2D eigenvalue weighted by Gasteiger charge is -2.28. The molecule has 0 bridgehead atoms. The fourth-order valence-electron chi connectivity index (χ4n) is 2.05. The molecule has 0 radical (unpaired) electrons. The van der Waals surface area contributed by atoms with E-state index in [1.807, 2.05) is 12.4 Å². The minimum Gasteiger partial charge on any atom is -0.348 e. The average Bonchev–Trinajstić information content (AvgIpc) is 2.71. The van der Waals surface area contributed by atoms with Crippen LogP contribution in [0.1, 0.15) is 25.7 Å². The summed E-state index contributed by atoms with van der Waals surface area (Å²) in [5, 5.41) is 3.38. The summed E-state index contributed by atoms with van der Waals surface area (Å²) >= 11 is 2.20. The van der Waals surface area contributed by atoms with E-state index in [1.54, 1.807) is 0 Å². The Hall–Kier alpha value is -0.430. The van der Waals surface area contributed by atoms with Gasteiger partial charge >= 0.3 is 0 Å². The number of nitrogens with zero attached hydrogens (tertiary/aromatic N) is 2. The van der Waals surface area contributed by atoms with Crippen LogP contribution in [-0.2, 0) is 0 Å². The predicted molar refractivity (Wildman–Crippen MR) is 68.6 cm³/mol. The molecule has 0 aliphatic heterocycles. The van der Waals surface area contributed by atoms with Crippen molar-refractivity contribution >= 4 is 28.5 Å². The SMILES string of the molecule is NCC1(Nc2ncc(I)cn2)CCCC1. The van der Waals surface area contributed by atoms with Gasteiger partial charge in [-0.2, -0.15) is 0 Å². The van der Waals surface area contributed by atoms with Gasteiger partial charge in [0.15, 0.2) is 0 Å². The van der Waals surface area contributed by atoms with Crippen molar-refractivity contribution in [2.24, 2.45) is 5.73 Å². The molecule has 1 fully saturated rings. The highest BCUT2D eigenvalue weighted by atomic mass is 127. The zero-order valence-electron chi connectivity index (χ0n) is 8.54. The monoisotopic (exact) mass is 318 g/mol. The van der Waals surface area contributed by atoms with Gasteiger partial charge < -0.3 is 11.1 Å². The highest BCUT2D eigenvalue weighted by molar-refractivity contribution is 14.1. The van der Waals surface area contributed by atoms with Gasteiger partial charge in [0.05, 0.1) is 5.54 Å². The summed E-state index contributed by atoms with van der Waals surface area (Å²) < 4.78 is 1.05. The Morgan fingerprint density at radius 2 is 1.93 bits per heavy atom. The van der Waals surface area contributed by atoms with E-state index in [-0.39, 0.29) is 5.54 Å². The average molecular weight is 318 g/mol. The smallest absolute Gasteiger partial charge is 0.223 e. The van der Waals surface area contributed by atoms with Gasteiger partial charge in [-0.1, -0.05) is 12.8 Å². The maximum Gasteiger partial charge on any atom is 0.223 e. The first kappa shape index (κ1) is 11.1. The van der Waals surface area contributed by atoms with Crippen LogP contribution in [0.2, 0.25) is 0 Å². The number of hydrogen-bond acceptors (Lipinski definition) is 4. The Kier molecular flexibility index (Phi) is 3.40. The van der Waals surface area contributed by atoms with Gasteiger partial charge in [-0.15, -0.1) is 0 Å². The van der Waals surface area contributed by atoms with Gasteiger partial charge in [-0.3, -0.25) is 0 Å². The van der Waals surface area contributed by atoms with Crippen molar-refractivity contribution in [3.63, 3.8) is 0 Å². The van der Waals surface area contributed by atoms with Gasteiger partial charge in [0, 0.05) is 22.5 Å². The van der Waals surface area contributed by atoms with Crippen LogP contribution in [0.15, 0.2) is 12.4 Å². The van der Waals surface area contributed by atoms with Crippen molar-refractivity contribution in [3.8, 4) is 0 Å². The molecule has 82 valence electrons. The van der Waals surface area contributed by atoms with Gasteiger partial charge in [-0.05, 0) is 35.4 Å². The van der Waals surface area contributed by atoms with Crippen LogP contribution in [0, 0.1) is 3.57 Å². The molecular formula is C10H15IN4. The second-order valence-electron chi connectivity index (χ2n) is 4.04. The molecular weight excluding hydrogens is 303 g/mol. The molecule has 0 atom stereocenters. The summed E-state index contributed by atoms with van der Waals surface area (Å²) in [7, 11) is 0. The van der Waals surface area contributed by atoms with E-state index in [1.165, 1.54) is 12.8 Å². The Morgan fingerprint density at radius 3 is 2.47 bits per heavy atom. The third-order valence-electron chi connectivity index (χ3n) is 2.95. The lowest BCUT2D eigenvalue weighted by atomic mass is 9.98. The lowest BCUT2D eigenvalue weighted by molar-refractivity contribution is 0.489. The Bertz CT molecular complexity index is 319. The Labute approximate surface area is 103 Å². The molecule has 1 saturated carbocycles. The Balaban J connectivity index is 2.09. The number of nitrogens with one attached hydrogen (secondary N) is 1. The van der Waals surface area contributed by atoms with Crippen LogP contribution in [0.4, 0.5) is 5.95 Å². The standard InChI is InChI=1S/C10H15IN4/c11-8-5-13-9(14-6-8)15-10(7-12)3-1-2-4-10/h5-6H,1-4,7,12H2,(H,13,14,15). The molecule has 0 amide bonds. The third kappa shape index (κ3) is 2.57. The van der Waals surface area contributed by atoms with E-state index in [2.05, 4.69) is 37.9 Å². The van der Waals surface area contributed by atoms with Crippen LogP contribution in [0.3, 0.4) is 0 Å². The molecule has 1 aromatic rings. The number of anilines is 1. The summed E-state index contributed by atoms with van der Waals surface area (Å²) in [6.45, 7) is 0.655. The molecule has 0 spiro atoms. The molecule has 0 aromatic carbocycles. The predicted octanol–water partition coefficient (Wildman–Crippen LogP) is 1.76. The fraction of sp³-hybridized carbons (Fsp3) is 0.600. The Morgan fingerprint density at radius 1 is 1.33 bits per heavy atom. The molecule has 1 aromatic heterocycles. The first-order valence-corrected chi connectivity index (χ1v) is 6.28. The number of nitrogens with two attached hydrogens (primary N) is 1. The fourth-order valence-corrected chi connectivity index (χ4v) is 2.32. The highest BCUT2D eigenvalue weighted by Gasteiger charge is 2.32. The minimum absolute atomic E-state index is 0.0345. The molecule has 0 unspecified atom stereocenters.